The number of benzene rings is 1. The van der Waals surface area contributed by atoms with Gasteiger partial charge in [0.1, 0.15) is 6.04 Å². The highest BCUT2D eigenvalue weighted by Gasteiger charge is 2.35. The number of hydrogen-bond acceptors (Lipinski definition) is 3. The molecule has 6 heteroatoms. The zero-order chi connectivity index (χ0) is 19.3. The van der Waals surface area contributed by atoms with Crippen LogP contribution in [0.25, 0.3) is 0 Å². The molecule has 1 unspecified atom stereocenters. The van der Waals surface area contributed by atoms with E-state index in [2.05, 4.69) is 0 Å². The summed E-state index contributed by atoms with van der Waals surface area (Å²) in [6.45, 7) is 4.80. The molecule has 0 radical (unpaired) electrons. The summed E-state index contributed by atoms with van der Waals surface area (Å²) >= 11 is 0. The average molecular weight is 360 g/mol. The highest BCUT2D eigenvalue weighted by molar-refractivity contribution is 5.88. The number of hydrogen-bond donors (Lipinski definition) is 1. The fraction of sp³-hybridized carbons (Fsp3) is 0.550. The molecule has 1 atom stereocenters. The van der Waals surface area contributed by atoms with Gasteiger partial charge in [-0.3, -0.25) is 14.4 Å². The van der Waals surface area contributed by atoms with E-state index in [0.717, 1.165) is 11.1 Å². The second-order valence-corrected chi connectivity index (χ2v) is 7.37. The van der Waals surface area contributed by atoms with Crippen LogP contribution in [0.1, 0.15) is 44.2 Å². The van der Waals surface area contributed by atoms with E-state index in [9.17, 15) is 14.4 Å². The van der Waals surface area contributed by atoms with Gasteiger partial charge >= 0.3 is 5.97 Å². The van der Waals surface area contributed by atoms with Crippen molar-refractivity contribution in [2.75, 3.05) is 13.6 Å². The minimum atomic E-state index is -0.869. The van der Waals surface area contributed by atoms with Crippen LogP contribution in [0, 0.1) is 5.92 Å². The lowest BCUT2D eigenvalue weighted by atomic mass is 9.92. The number of rotatable bonds is 7. The molecule has 0 spiro atoms. The molecule has 1 aromatic carbocycles. The van der Waals surface area contributed by atoms with E-state index in [-0.39, 0.29) is 24.2 Å². The average Bonchev–Trinajstić information content (AvgIpc) is 2.58. The summed E-state index contributed by atoms with van der Waals surface area (Å²) in [5, 5.41) is 8.77. The van der Waals surface area contributed by atoms with Gasteiger partial charge in [0.05, 0.1) is 0 Å². The van der Waals surface area contributed by atoms with Crippen LogP contribution in [0.2, 0.25) is 0 Å². The van der Waals surface area contributed by atoms with Gasteiger partial charge in [-0.25, -0.2) is 0 Å². The monoisotopic (exact) mass is 360 g/mol. The highest BCUT2D eigenvalue weighted by Crippen LogP contribution is 2.25. The Morgan fingerprint density at radius 1 is 1.23 bits per heavy atom. The Balaban J connectivity index is 2.16. The molecule has 0 bridgehead atoms. The molecule has 0 aromatic heterocycles. The summed E-state index contributed by atoms with van der Waals surface area (Å²) in [7, 11) is 1.68. The molecule has 1 aromatic rings. The van der Waals surface area contributed by atoms with Crippen molar-refractivity contribution in [1.82, 2.24) is 9.80 Å². The lowest BCUT2D eigenvalue weighted by molar-refractivity contribution is -0.147. The second kappa shape index (κ2) is 8.83. The van der Waals surface area contributed by atoms with Gasteiger partial charge in [-0.05, 0) is 23.5 Å². The largest absolute Gasteiger partial charge is 0.481 e. The number of fused-ring (bicyclic) bond motifs is 1. The lowest BCUT2D eigenvalue weighted by Crippen LogP contribution is -2.53. The summed E-state index contributed by atoms with van der Waals surface area (Å²) in [5.41, 5.74) is 2.18. The molecule has 0 aliphatic carbocycles. The van der Waals surface area contributed by atoms with Crippen LogP contribution in [0.4, 0.5) is 0 Å². The third-order valence-electron chi connectivity index (χ3n) is 4.70. The molecule has 1 aliphatic heterocycles. The van der Waals surface area contributed by atoms with Gasteiger partial charge in [-0.15, -0.1) is 0 Å². The second-order valence-electron chi connectivity index (χ2n) is 7.37. The van der Waals surface area contributed by atoms with Gasteiger partial charge < -0.3 is 14.9 Å². The number of amides is 2. The molecular weight excluding hydrogens is 332 g/mol. The van der Waals surface area contributed by atoms with Crippen molar-refractivity contribution in [2.45, 2.75) is 52.1 Å². The molecule has 1 N–H and O–H groups in total. The predicted octanol–water partition coefficient (Wildman–Crippen LogP) is 2.31. The summed E-state index contributed by atoms with van der Waals surface area (Å²) < 4.78 is 0. The first kappa shape index (κ1) is 19.9. The molecule has 2 amide bonds. The molecule has 26 heavy (non-hydrogen) atoms. The van der Waals surface area contributed by atoms with E-state index in [4.69, 9.17) is 5.11 Å². The number of carbonyl (C=O) groups excluding carboxylic acids is 2. The Morgan fingerprint density at radius 3 is 2.50 bits per heavy atom. The molecule has 2 rings (SSSR count). The third kappa shape index (κ3) is 5.07. The number of carbonyl (C=O) groups is 3. The van der Waals surface area contributed by atoms with Crippen molar-refractivity contribution in [3.05, 3.63) is 35.4 Å². The van der Waals surface area contributed by atoms with Gasteiger partial charge in [-0.1, -0.05) is 38.1 Å². The number of likely N-dealkylation sites (N-methyl/N-ethyl adjacent to an activating group) is 1. The highest BCUT2D eigenvalue weighted by atomic mass is 16.4. The van der Waals surface area contributed by atoms with Gasteiger partial charge in [0.15, 0.2) is 0 Å². The van der Waals surface area contributed by atoms with E-state index in [1.807, 2.05) is 38.1 Å². The minimum Gasteiger partial charge on any atom is -0.481 e. The topological polar surface area (TPSA) is 77.9 Å². The van der Waals surface area contributed by atoms with Gasteiger partial charge in [0.25, 0.3) is 0 Å². The molecule has 0 fully saturated rings. The number of carboxylic acids is 1. The quantitative estimate of drug-likeness (QED) is 0.809. The van der Waals surface area contributed by atoms with Gasteiger partial charge in [0, 0.05) is 39.4 Å². The van der Waals surface area contributed by atoms with Crippen LogP contribution in [0.3, 0.4) is 0 Å². The standard InChI is InChI=1S/C20H28N2O4/c1-14(2)11-18(23)22-13-16-8-5-4-7-15(16)12-17(22)20(26)21(3)10-6-9-19(24)25/h4-5,7-8,14,17H,6,9-13H2,1-3H3,(H,24,25). The van der Waals surface area contributed by atoms with Crippen molar-refractivity contribution in [1.29, 1.82) is 0 Å². The van der Waals surface area contributed by atoms with Crippen LogP contribution in [-0.4, -0.2) is 52.3 Å². The Morgan fingerprint density at radius 2 is 1.88 bits per heavy atom. The van der Waals surface area contributed by atoms with Gasteiger partial charge in [-0.2, -0.15) is 0 Å². The molecule has 0 saturated heterocycles. The summed E-state index contributed by atoms with van der Waals surface area (Å²) in [4.78, 5) is 39.6. The summed E-state index contributed by atoms with van der Waals surface area (Å²) in [6.07, 6.45) is 1.35. The van der Waals surface area contributed by atoms with E-state index in [1.165, 1.54) is 0 Å². The third-order valence-corrected chi connectivity index (χ3v) is 4.70. The fourth-order valence-corrected chi connectivity index (χ4v) is 3.30. The molecule has 0 saturated carbocycles. The fourth-order valence-electron chi connectivity index (χ4n) is 3.30. The summed E-state index contributed by atoms with van der Waals surface area (Å²) in [5.74, 6) is -0.774. The Bertz CT molecular complexity index is 672. The Kier molecular flexibility index (Phi) is 6.77. The maximum Gasteiger partial charge on any atom is 0.303 e. The molecular formula is C20H28N2O4. The smallest absolute Gasteiger partial charge is 0.303 e. The first-order valence-corrected chi connectivity index (χ1v) is 9.12. The zero-order valence-corrected chi connectivity index (χ0v) is 15.8. The van der Waals surface area contributed by atoms with Crippen molar-refractivity contribution >= 4 is 17.8 Å². The van der Waals surface area contributed by atoms with E-state index < -0.39 is 12.0 Å². The maximum atomic E-state index is 13.0. The Hall–Kier alpha value is -2.37. The first-order valence-electron chi connectivity index (χ1n) is 9.12. The van der Waals surface area contributed by atoms with Crippen molar-refractivity contribution < 1.29 is 19.5 Å². The summed E-state index contributed by atoms with van der Waals surface area (Å²) in [6, 6.07) is 7.38. The van der Waals surface area contributed by atoms with E-state index >= 15 is 0 Å². The van der Waals surface area contributed by atoms with Crippen LogP contribution >= 0.6 is 0 Å². The molecule has 142 valence electrons. The Labute approximate surface area is 154 Å². The van der Waals surface area contributed by atoms with E-state index in [0.29, 0.717) is 32.4 Å². The van der Waals surface area contributed by atoms with Crippen molar-refractivity contribution in [3.63, 3.8) is 0 Å². The molecule has 6 nitrogen and oxygen atoms in total. The molecule has 1 heterocycles. The van der Waals surface area contributed by atoms with Crippen molar-refractivity contribution in [2.24, 2.45) is 5.92 Å². The normalized spacial score (nSPS) is 16.3. The maximum absolute atomic E-state index is 13.0. The number of nitrogens with zero attached hydrogens (tertiary/aromatic N) is 2. The zero-order valence-electron chi connectivity index (χ0n) is 15.8. The van der Waals surface area contributed by atoms with Crippen LogP contribution in [0.15, 0.2) is 24.3 Å². The minimum absolute atomic E-state index is 0.00760. The lowest BCUT2D eigenvalue weighted by Gasteiger charge is -2.38. The predicted molar refractivity (Wildman–Crippen MR) is 98.4 cm³/mol. The van der Waals surface area contributed by atoms with Crippen LogP contribution in [0.5, 0.6) is 0 Å². The first-order chi connectivity index (χ1) is 12.3. The SMILES string of the molecule is CC(C)CC(=O)N1Cc2ccccc2CC1C(=O)N(C)CCCC(=O)O. The van der Waals surface area contributed by atoms with Crippen LogP contribution in [-0.2, 0) is 27.3 Å². The van der Waals surface area contributed by atoms with Crippen LogP contribution < -0.4 is 0 Å². The van der Waals surface area contributed by atoms with E-state index in [1.54, 1.807) is 16.8 Å². The van der Waals surface area contributed by atoms with Gasteiger partial charge in [0.2, 0.25) is 11.8 Å². The number of carboxylic acid groups (broad SMARTS) is 1. The van der Waals surface area contributed by atoms with Crippen molar-refractivity contribution in [3.8, 4) is 0 Å². The number of aliphatic carboxylic acids is 1. The molecule has 1 aliphatic rings.